The Hall–Kier alpha value is -1.19. The second-order valence-electron chi connectivity index (χ2n) is 3.14. The van der Waals surface area contributed by atoms with Gasteiger partial charge in [-0.3, -0.25) is 0 Å². The van der Waals surface area contributed by atoms with Crippen molar-refractivity contribution >= 4 is 0 Å². The second kappa shape index (κ2) is 4.55. The number of alkyl halides is 3. The largest absolute Gasteiger partial charge is 0.493 e. The van der Waals surface area contributed by atoms with E-state index in [-0.39, 0.29) is 17.9 Å². The van der Waals surface area contributed by atoms with E-state index in [9.17, 15) is 13.2 Å². The molecular formula is C11H12F3O. The molecule has 0 aromatic heterocycles. The third kappa shape index (κ3) is 2.88. The Morgan fingerprint density at radius 1 is 1.33 bits per heavy atom. The fourth-order valence-electron chi connectivity index (χ4n) is 1.23. The minimum atomic E-state index is -4.42. The molecule has 1 rings (SSSR count). The number of benzene rings is 1. The Balaban J connectivity index is 3.09. The van der Waals surface area contributed by atoms with Crippen LogP contribution in [-0.4, -0.2) is 6.61 Å². The van der Waals surface area contributed by atoms with Crippen molar-refractivity contribution in [1.29, 1.82) is 0 Å². The first-order valence-corrected chi connectivity index (χ1v) is 4.61. The zero-order valence-electron chi connectivity index (χ0n) is 8.40. The average molecular weight is 217 g/mol. The zero-order valence-corrected chi connectivity index (χ0v) is 8.40. The van der Waals surface area contributed by atoms with E-state index in [0.717, 1.165) is 0 Å². The lowest BCUT2D eigenvalue weighted by Gasteiger charge is -2.15. The summed E-state index contributed by atoms with van der Waals surface area (Å²) in [6.45, 7) is 5.46. The summed E-state index contributed by atoms with van der Waals surface area (Å²) in [6, 6.07) is 4.14. The van der Waals surface area contributed by atoms with Gasteiger partial charge in [0.25, 0.3) is 0 Å². The van der Waals surface area contributed by atoms with Gasteiger partial charge in [0.15, 0.2) is 0 Å². The predicted octanol–water partition coefficient (Wildman–Crippen LogP) is 3.68. The van der Waals surface area contributed by atoms with Crippen LogP contribution < -0.4 is 4.74 Å². The summed E-state index contributed by atoms with van der Waals surface area (Å²) in [5.74, 6) is -0.142. The molecule has 0 saturated carbocycles. The third-order valence-corrected chi connectivity index (χ3v) is 1.86. The van der Waals surface area contributed by atoms with Gasteiger partial charge < -0.3 is 4.74 Å². The average Bonchev–Trinajstić information content (AvgIpc) is 2.12. The number of halogens is 3. The highest BCUT2D eigenvalue weighted by atomic mass is 19.4. The van der Waals surface area contributed by atoms with E-state index in [1.54, 1.807) is 0 Å². The van der Waals surface area contributed by atoms with Crippen LogP contribution in [0.1, 0.15) is 24.5 Å². The Morgan fingerprint density at radius 3 is 2.53 bits per heavy atom. The first-order chi connectivity index (χ1) is 6.96. The topological polar surface area (TPSA) is 9.23 Å². The minimum absolute atomic E-state index is 0.0592. The van der Waals surface area contributed by atoms with Crippen molar-refractivity contribution in [2.45, 2.75) is 19.5 Å². The fraction of sp³-hybridized carbons (Fsp3) is 0.364. The maximum absolute atomic E-state index is 12.6. The lowest BCUT2D eigenvalue weighted by atomic mass is 10.1. The summed E-state index contributed by atoms with van der Waals surface area (Å²) in [6.07, 6.45) is -3.75. The smallest absolute Gasteiger partial charge is 0.420 e. The first kappa shape index (κ1) is 11.9. The van der Waals surface area contributed by atoms with E-state index < -0.39 is 11.7 Å². The van der Waals surface area contributed by atoms with Crippen molar-refractivity contribution in [3.05, 3.63) is 36.2 Å². The molecule has 83 valence electrons. The zero-order chi connectivity index (χ0) is 11.5. The second-order valence-corrected chi connectivity index (χ2v) is 3.14. The Labute approximate surface area is 86.9 Å². The van der Waals surface area contributed by atoms with E-state index in [0.29, 0.717) is 6.42 Å². The summed E-state index contributed by atoms with van der Waals surface area (Å²) in [4.78, 5) is 0. The Kier molecular flexibility index (Phi) is 3.61. The summed E-state index contributed by atoms with van der Waals surface area (Å²) in [5, 5.41) is 0. The quantitative estimate of drug-likeness (QED) is 0.750. The Morgan fingerprint density at radius 2 is 2.00 bits per heavy atom. The minimum Gasteiger partial charge on any atom is -0.493 e. The van der Waals surface area contributed by atoms with Crippen molar-refractivity contribution in [3.8, 4) is 5.75 Å². The number of ether oxygens (including phenoxy) is 1. The van der Waals surface area contributed by atoms with Crippen LogP contribution in [0.2, 0.25) is 0 Å². The van der Waals surface area contributed by atoms with E-state index >= 15 is 0 Å². The molecule has 1 aromatic carbocycles. The van der Waals surface area contributed by atoms with Crippen LogP contribution in [0.5, 0.6) is 5.75 Å². The molecule has 0 saturated heterocycles. The van der Waals surface area contributed by atoms with E-state index in [1.165, 1.54) is 18.2 Å². The molecule has 0 aliphatic heterocycles. The van der Waals surface area contributed by atoms with Gasteiger partial charge in [-0.25, -0.2) is 0 Å². The maximum atomic E-state index is 12.6. The molecule has 0 N–H and O–H groups in total. The molecule has 0 aliphatic carbocycles. The van der Waals surface area contributed by atoms with Gasteiger partial charge in [0.05, 0.1) is 6.61 Å². The van der Waals surface area contributed by atoms with Crippen LogP contribution in [0.15, 0.2) is 18.2 Å². The molecule has 1 radical (unpaired) electrons. The molecule has 0 aliphatic rings. The van der Waals surface area contributed by atoms with Gasteiger partial charge in [-0.1, -0.05) is 19.1 Å². The van der Waals surface area contributed by atoms with Gasteiger partial charge in [0.1, 0.15) is 11.3 Å². The molecule has 0 heterocycles. The van der Waals surface area contributed by atoms with Crippen LogP contribution >= 0.6 is 0 Å². The molecule has 0 spiro atoms. The van der Waals surface area contributed by atoms with Crippen molar-refractivity contribution in [2.24, 2.45) is 0 Å². The molecule has 4 heteroatoms. The fourth-order valence-corrected chi connectivity index (χ4v) is 1.23. The summed E-state index contributed by atoms with van der Waals surface area (Å²) < 4.78 is 42.9. The molecular weight excluding hydrogens is 205 g/mol. The lowest BCUT2D eigenvalue weighted by molar-refractivity contribution is -0.139. The van der Waals surface area contributed by atoms with Crippen LogP contribution in [0.25, 0.3) is 0 Å². The van der Waals surface area contributed by atoms with Crippen molar-refractivity contribution in [3.63, 3.8) is 0 Å². The number of hydrogen-bond acceptors (Lipinski definition) is 1. The van der Waals surface area contributed by atoms with Crippen LogP contribution in [0.3, 0.4) is 0 Å². The van der Waals surface area contributed by atoms with Crippen molar-refractivity contribution < 1.29 is 17.9 Å². The first-order valence-electron chi connectivity index (χ1n) is 4.61. The summed E-state index contributed by atoms with van der Waals surface area (Å²) in [7, 11) is 0. The van der Waals surface area contributed by atoms with Gasteiger partial charge in [0.2, 0.25) is 0 Å². The summed E-state index contributed by atoms with van der Waals surface area (Å²) in [5.41, 5.74) is -0.838. The molecule has 0 bridgehead atoms. The molecule has 0 atom stereocenters. The van der Waals surface area contributed by atoms with Crippen molar-refractivity contribution in [1.82, 2.24) is 0 Å². The molecule has 1 nitrogen and oxygen atoms in total. The monoisotopic (exact) mass is 217 g/mol. The van der Waals surface area contributed by atoms with Gasteiger partial charge >= 0.3 is 6.18 Å². The summed E-state index contributed by atoms with van der Waals surface area (Å²) >= 11 is 0. The van der Waals surface area contributed by atoms with Crippen molar-refractivity contribution in [2.75, 3.05) is 6.61 Å². The Bertz CT molecular complexity index is 331. The standard InChI is InChI=1S/C11H12F3O/c1-3-7-15-9-6-4-5-8(2)10(9)11(12,13)14/h4-6H,2-3,7H2,1H3. The van der Waals surface area contributed by atoms with Gasteiger partial charge in [-0.05, 0) is 25.0 Å². The van der Waals surface area contributed by atoms with Gasteiger partial charge in [-0.2, -0.15) is 13.2 Å². The maximum Gasteiger partial charge on any atom is 0.420 e. The molecule has 1 aromatic rings. The molecule has 0 fully saturated rings. The number of rotatable bonds is 3. The van der Waals surface area contributed by atoms with Crippen LogP contribution in [0.4, 0.5) is 13.2 Å². The molecule has 0 amide bonds. The highest BCUT2D eigenvalue weighted by molar-refractivity contribution is 5.43. The molecule has 0 unspecified atom stereocenters. The normalized spacial score (nSPS) is 11.5. The van der Waals surface area contributed by atoms with E-state index in [1.807, 2.05) is 6.92 Å². The van der Waals surface area contributed by atoms with E-state index in [4.69, 9.17) is 4.74 Å². The highest BCUT2D eigenvalue weighted by Gasteiger charge is 2.35. The highest BCUT2D eigenvalue weighted by Crippen LogP contribution is 2.38. The lowest BCUT2D eigenvalue weighted by Crippen LogP contribution is -2.11. The molecule has 15 heavy (non-hydrogen) atoms. The van der Waals surface area contributed by atoms with Crippen LogP contribution in [-0.2, 0) is 6.18 Å². The third-order valence-electron chi connectivity index (χ3n) is 1.86. The number of hydrogen-bond donors (Lipinski definition) is 0. The SMILES string of the molecule is [CH2]c1cccc(OCCC)c1C(F)(F)F. The van der Waals surface area contributed by atoms with Crippen LogP contribution in [0, 0.1) is 6.92 Å². The van der Waals surface area contributed by atoms with Gasteiger partial charge in [-0.15, -0.1) is 0 Å². The predicted molar refractivity (Wildman–Crippen MR) is 51.7 cm³/mol. The van der Waals surface area contributed by atoms with Gasteiger partial charge in [0, 0.05) is 0 Å². The van der Waals surface area contributed by atoms with E-state index in [2.05, 4.69) is 6.92 Å².